The predicted octanol–water partition coefficient (Wildman–Crippen LogP) is 1.31. The summed E-state index contributed by atoms with van der Waals surface area (Å²) in [6.45, 7) is 0.806. The van der Waals surface area contributed by atoms with Crippen LogP contribution in [0.15, 0.2) is 0 Å². The second-order valence-electron chi connectivity index (χ2n) is 3.29. The van der Waals surface area contributed by atoms with Crippen LogP contribution in [0.2, 0.25) is 0 Å². The Balaban J connectivity index is 2.00. The van der Waals surface area contributed by atoms with Crippen LogP contribution < -0.4 is 0 Å². The molecule has 6 heteroatoms. The Morgan fingerprint density at radius 2 is 2.43 bits per heavy atom. The Hall–Kier alpha value is -0.490. The normalized spacial score (nSPS) is 22.5. The standard InChI is InChI=1S/C8H13BrN4O/c9-5-4-7-10-12-13(11-7)8-3-1-2-6-14-8/h8H,1-6H2. The van der Waals surface area contributed by atoms with Crippen LogP contribution in [0.4, 0.5) is 0 Å². The number of aryl methyl sites for hydroxylation is 1. The molecule has 1 saturated heterocycles. The lowest BCUT2D eigenvalue weighted by Crippen LogP contribution is -2.20. The zero-order valence-electron chi connectivity index (χ0n) is 7.90. The van der Waals surface area contributed by atoms with Crippen LogP contribution >= 0.6 is 15.9 Å². The largest absolute Gasteiger partial charge is 0.355 e. The van der Waals surface area contributed by atoms with Gasteiger partial charge in [-0.15, -0.1) is 15.0 Å². The maximum atomic E-state index is 5.54. The van der Waals surface area contributed by atoms with Crippen molar-refractivity contribution in [1.82, 2.24) is 20.2 Å². The molecule has 1 aromatic rings. The van der Waals surface area contributed by atoms with Gasteiger partial charge >= 0.3 is 0 Å². The second kappa shape index (κ2) is 4.84. The summed E-state index contributed by atoms with van der Waals surface area (Å²) < 4.78 is 5.54. The smallest absolute Gasteiger partial charge is 0.175 e. The van der Waals surface area contributed by atoms with Crippen molar-refractivity contribution in [2.45, 2.75) is 31.9 Å². The van der Waals surface area contributed by atoms with E-state index in [1.54, 1.807) is 4.80 Å². The van der Waals surface area contributed by atoms with Gasteiger partial charge in [0.15, 0.2) is 12.1 Å². The van der Waals surface area contributed by atoms with Crippen LogP contribution in [-0.4, -0.2) is 32.1 Å². The highest BCUT2D eigenvalue weighted by atomic mass is 79.9. The molecule has 0 N–H and O–H groups in total. The van der Waals surface area contributed by atoms with Crippen molar-refractivity contribution in [1.29, 1.82) is 0 Å². The van der Waals surface area contributed by atoms with Gasteiger partial charge in [0, 0.05) is 18.4 Å². The van der Waals surface area contributed by atoms with Crippen molar-refractivity contribution < 1.29 is 4.74 Å². The molecule has 1 aliphatic rings. The minimum atomic E-state index is 0.000301. The number of halogens is 1. The van der Waals surface area contributed by atoms with Gasteiger partial charge in [-0.25, -0.2) is 0 Å². The minimum Gasteiger partial charge on any atom is -0.355 e. The van der Waals surface area contributed by atoms with E-state index in [0.717, 1.165) is 37.0 Å². The third kappa shape index (κ3) is 2.30. The first-order chi connectivity index (χ1) is 6.90. The van der Waals surface area contributed by atoms with E-state index < -0.39 is 0 Å². The molecular weight excluding hydrogens is 248 g/mol. The van der Waals surface area contributed by atoms with Crippen LogP contribution in [0.1, 0.15) is 31.3 Å². The average molecular weight is 261 g/mol. The molecule has 0 amide bonds. The highest BCUT2D eigenvalue weighted by Crippen LogP contribution is 2.20. The van der Waals surface area contributed by atoms with E-state index in [4.69, 9.17) is 4.74 Å². The molecule has 5 nitrogen and oxygen atoms in total. The van der Waals surface area contributed by atoms with E-state index in [1.165, 1.54) is 6.42 Å². The van der Waals surface area contributed by atoms with Gasteiger partial charge < -0.3 is 4.74 Å². The van der Waals surface area contributed by atoms with Crippen LogP contribution in [0.25, 0.3) is 0 Å². The number of ether oxygens (including phenoxy) is 1. The molecule has 78 valence electrons. The fourth-order valence-corrected chi connectivity index (χ4v) is 1.82. The first-order valence-electron chi connectivity index (χ1n) is 4.86. The number of hydrogen-bond donors (Lipinski definition) is 0. The lowest BCUT2D eigenvalue weighted by Gasteiger charge is -2.20. The van der Waals surface area contributed by atoms with Gasteiger partial charge in [0.2, 0.25) is 0 Å². The van der Waals surface area contributed by atoms with Gasteiger partial charge in [0.05, 0.1) is 0 Å². The maximum Gasteiger partial charge on any atom is 0.175 e. The highest BCUT2D eigenvalue weighted by molar-refractivity contribution is 9.09. The van der Waals surface area contributed by atoms with Gasteiger partial charge in [0.25, 0.3) is 0 Å². The molecule has 1 unspecified atom stereocenters. The number of nitrogens with zero attached hydrogens (tertiary/aromatic N) is 4. The Morgan fingerprint density at radius 3 is 3.14 bits per heavy atom. The van der Waals surface area contributed by atoms with Crippen LogP contribution in [0.5, 0.6) is 0 Å². The summed E-state index contributed by atoms with van der Waals surface area (Å²) in [5, 5.41) is 13.1. The molecule has 14 heavy (non-hydrogen) atoms. The van der Waals surface area contributed by atoms with Crippen molar-refractivity contribution in [3.8, 4) is 0 Å². The lowest BCUT2D eigenvalue weighted by atomic mass is 10.2. The first kappa shape index (κ1) is 10.0. The summed E-state index contributed by atoms with van der Waals surface area (Å²) in [6, 6.07) is 0. The quantitative estimate of drug-likeness (QED) is 0.770. The summed E-state index contributed by atoms with van der Waals surface area (Å²) in [6.07, 6.45) is 4.12. The number of tetrazole rings is 1. The molecule has 0 aliphatic carbocycles. The molecule has 0 bridgehead atoms. The Kier molecular flexibility index (Phi) is 3.47. The van der Waals surface area contributed by atoms with Crippen molar-refractivity contribution in [2.24, 2.45) is 0 Å². The maximum absolute atomic E-state index is 5.54. The molecular formula is C8H13BrN4O. The summed E-state index contributed by atoms with van der Waals surface area (Å²) in [4.78, 5) is 1.59. The lowest BCUT2D eigenvalue weighted by molar-refractivity contribution is -0.0490. The van der Waals surface area contributed by atoms with Crippen LogP contribution in [-0.2, 0) is 11.2 Å². The van der Waals surface area contributed by atoms with Gasteiger partial charge in [0.1, 0.15) is 0 Å². The predicted molar refractivity (Wildman–Crippen MR) is 54.2 cm³/mol. The van der Waals surface area contributed by atoms with Gasteiger partial charge in [-0.1, -0.05) is 15.9 Å². The van der Waals surface area contributed by atoms with Crippen molar-refractivity contribution in [3.63, 3.8) is 0 Å². The van der Waals surface area contributed by atoms with Crippen LogP contribution in [0, 0.1) is 0 Å². The first-order valence-corrected chi connectivity index (χ1v) is 5.98. The zero-order valence-corrected chi connectivity index (χ0v) is 9.48. The molecule has 1 fully saturated rings. The molecule has 0 saturated carbocycles. The molecule has 2 heterocycles. The summed E-state index contributed by atoms with van der Waals surface area (Å²) >= 11 is 3.34. The second-order valence-corrected chi connectivity index (χ2v) is 4.08. The molecule has 1 atom stereocenters. The SMILES string of the molecule is BrCCc1nnn(C2CCCCO2)n1. The molecule has 0 radical (unpaired) electrons. The van der Waals surface area contributed by atoms with E-state index in [0.29, 0.717) is 0 Å². The van der Waals surface area contributed by atoms with Gasteiger partial charge in [-0.05, 0) is 24.5 Å². The number of hydrogen-bond acceptors (Lipinski definition) is 4. The summed E-state index contributed by atoms with van der Waals surface area (Å²) in [5.41, 5.74) is 0. The Labute approximate surface area is 90.9 Å². The van der Waals surface area contributed by atoms with E-state index in [9.17, 15) is 0 Å². The zero-order chi connectivity index (χ0) is 9.80. The third-order valence-corrected chi connectivity index (χ3v) is 2.60. The highest BCUT2D eigenvalue weighted by Gasteiger charge is 2.18. The van der Waals surface area contributed by atoms with E-state index in [-0.39, 0.29) is 6.23 Å². The average Bonchev–Trinajstić information content (AvgIpc) is 2.68. The fraction of sp³-hybridized carbons (Fsp3) is 0.875. The fourth-order valence-electron chi connectivity index (χ4n) is 1.47. The topological polar surface area (TPSA) is 52.8 Å². The summed E-state index contributed by atoms with van der Waals surface area (Å²) in [7, 11) is 0. The van der Waals surface area contributed by atoms with Crippen molar-refractivity contribution in [3.05, 3.63) is 5.82 Å². The molecule has 2 rings (SSSR count). The van der Waals surface area contributed by atoms with Crippen molar-refractivity contribution >= 4 is 15.9 Å². The molecule has 1 aromatic heterocycles. The number of alkyl halides is 1. The van der Waals surface area contributed by atoms with E-state index in [2.05, 4.69) is 31.3 Å². The van der Waals surface area contributed by atoms with E-state index in [1.807, 2.05) is 0 Å². The number of aromatic nitrogens is 4. The molecule has 0 spiro atoms. The van der Waals surface area contributed by atoms with Gasteiger partial charge in [-0.2, -0.15) is 0 Å². The Bertz CT molecular complexity index is 285. The Morgan fingerprint density at radius 1 is 1.50 bits per heavy atom. The number of rotatable bonds is 3. The molecule has 0 aromatic carbocycles. The minimum absolute atomic E-state index is 0.000301. The van der Waals surface area contributed by atoms with Crippen LogP contribution in [0.3, 0.4) is 0 Å². The summed E-state index contributed by atoms with van der Waals surface area (Å²) in [5.74, 6) is 0.774. The van der Waals surface area contributed by atoms with Crippen molar-refractivity contribution in [2.75, 3.05) is 11.9 Å². The monoisotopic (exact) mass is 260 g/mol. The third-order valence-electron chi connectivity index (χ3n) is 2.20. The van der Waals surface area contributed by atoms with E-state index >= 15 is 0 Å². The molecule has 1 aliphatic heterocycles. The van der Waals surface area contributed by atoms with Gasteiger partial charge in [-0.3, -0.25) is 0 Å².